The van der Waals surface area contributed by atoms with Crippen LogP contribution in [0.5, 0.6) is 5.75 Å². The second-order valence-corrected chi connectivity index (χ2v) is 5.44. The summed E-state index contributed by atoms with van der Waals surface area (Å²) in [6.45, 7) is 0.691. The molecule has 0 fully saturated rings. The average molecular weight is 334 g/mol. The highest BCUT2D eigenvalue weighted by molar-refractivity contribution is 6.02. The molecular formula is C17H20ClN3O2. The van der Waals surface area contributed by atoms with Crippen molar-refractivity contribution in [2.45, 2.75) is 19.3 Å². The number of para-hydroxylation sites is 1. The van der Waals surface area contributed by atoms with E-state index in [1.165, 1.54) is 11.6 Å². The van der Waals surface area contributed by atoms with E-state index in [9.17, 15) is 9.90 Å². The fourth-order valence-electron chi connectivity index (χ4n) is 2.73. The van der Waals surface area contributed by atoms with Crippen LogP contribution in [0.15, 0.2) is 42.5 Å². The largest absolute Gasteiger partial charge is 0.506 e. The summed E-state index contributed by atoms with van der Waals surface area (Å²) >= 11 is 0. The highest BCUT2D eigenvalue weighted by Gasteiger charge is 2.20. The molecule has 0 aliphatic carbocycles. The number of fused-ring (bicyclic) bond motifs is 1. The zero-order chi connectivity index (χ0) is 15.5. The number of nitrogens with zero attached hydrogens (tertiary/aromatic N) is 1. The first-order valence-electron chi connectivity index (χ1n) is 7.40. The first-order chi connectivity index (χ1) is 10.6. The topological polar surface area (TPSA) is 78.6 Å². The molecule has 0 saturated carbocycles. The van der Waals surface area contributed by atoms with Gasteiger partial charge in [0.15, 0.2) is 0 Å². The fourth-order valence-corrected chi connectivity index (χ4v) is 2.73. The summed E-state index contributed by atoms with van der Waals surface area (Å²) in [5.74, 6) is 0.0121. The number of nitrogens with two attached hydrogens (primary N) is 1. The van der Waals surface area contributed by atoms with Crippen LogP contribution >= 0.6 is 12.4 Å². The molecule has 1 aliphatic rings. The number of phenolic OH excluding ortho intramolecular Hbond substituents is 1. The molecule has 6 heteroatoms. The van der Waals surface area contributed by atoms with Gasteiger partial charge in [0, 0.05) is 17.9 Å². The van der Waals surface area contributed by atoms with Crippen LogP contribution in [-0.2, 0) is 6.42 Å². The van der Waals surface area contributed by atoms with Crippen molar-refractivity contribution in [1.82, 2.24) is 0 Å². The summed E-state index contributed by atoms with van der Waals surface area (Å²) < 4.78 is 0. The molecule has 0 saturated heterocycles. The van der Waals surface area contributed by atoms with Crippen LogP contribution in [0.3, 0.4) is 0 Å². The van der Waals surface area contributed by atoms with Gasteiger partial charge in [-0.15, -0.1) is 12.4 Å². The highest BCUT2D eigenvalue weighted by atomic mass is 35.5. The Morgan fingerprint density at radius 2 is 1.96 bits per heavy atom. The number of phenols is 1. The molecule has 0 spiro atoms. The summed E-state index contributed by atoms with van der Waals surface area (Å²) in [6, 6.07) is 12.5. The minimum absolute atomic E-state index is 0. The number of aromatic hydroxyl groups is 1. The monoisotopic (exact) mass is 333 g/mol. The smallest absolute Gasteiger partial charge is 0.326 e. The number of hydrogen-bond donors (Lipinski definition) is 3. The number of nitrogens with one attached hydrogen (secondary N) is 1. The van der Waals surface area contributed by atoms with E-state index in [0.29, 0.717) is 12.2 Å². The highest BCUT2D eigenvalue weighted by Crippen LogP contribution is 2.28. The van der Waals surface area contributed by atoms with Crippen LogP contribution < -0.4 is 16.0 Å². The van der Waals surface area contributed by atoms with Crippen LogP contribution in [0.1, 0.15) is 18.4 Å². The van der Waals surface area contributed by atoms with Gasteiger partial charge in [-0.1, -0.05) is 18.2 Å². The number of amides is 2. The van der Waals surface area contributed by atoms with Gasteiger partial charge in [0.2, 0.25) is 0 Å². The number of nitrogen functional groups attached to an aromatic ring is 1. The van der Waals surface area contributed by atoms with Crippen molar-refractivity contribution >= 4 is 35.5 Å². The normalized spacial score (nSPS) is 13.5. The van der Waals surface area contributed by atoms with Gasteiger partial charge in [-0.05, 0) is 49.1 Å². The van der Waals surface area contributed by atoms with E-state index in [4.69, 9.17) is 5.73 Å². The Morgan fingerprint density at radius 3 is 2.74 bits per heavy atom. The number of hydrogen-bond acceptors (Lipinski definition) is 3. The summed E-state index contributed by atoms with van der Waals surface area (Å²) in [7, 11) is 0. The second-order valence-electron chi connectivity index (χ2n) is 5.44. The van der Waals surface area contributed by atoms with E-state index in [2.05, 4.69) is 11.4 Å². The lowest BCUT2D eigenvalue weighted by Gasteiger charge is -2.23. The van der Waals surface area contributed by atoms with Crippen molar-refractivity contribution in [2.75, 3.05) is 22.5 Å². The van der Waals surface area contributed by atoms with Gasteiger partial charge >= 0.3 is 6.03 Å². The standard InChI is InChI=1S/C17H19N3O2.ClH/c18-14-11-13(8-9-16(14)21)19-17(22)20-10-4-3-6-12-5-1-2-7-15(12)20;/h1-2,5,7-9,11,21H,3-4,6,10,18H2,(H,19,22);1H. The predicted molar refractivity (Wildman–Crippen MR) is 95.5 cm³/mol. The molecule has 2 aromatic carbocycles. The summed E-state index contributed by atoms with van der Waals surface area (Å²) in [5, 5.41) is 12.3. The number of benzene rings is 2. The molecule has 2 amide bonds. The molecule has 0 radical (unpaired) electrons. The minimum Gasteiger partial charge on any atom is -0.506 e. The summed E-state index contributed by atoms with van der Waals surface area (Å²) in [6.07, 6.45) is 3.04. The number of carbonyl (C=O) groups excluding carboxylic acids is 1. The molecular weight excluding hydrogens is 314 g/mol. The van der Waals surface area contributed by atoms with Gasteiger partial charge in [-0.2, -0.15) is 0 Å². The Balaban J connectivity index is 0.00000192. The van der Waals surface area contributed by atoms with E-state index in [0.717, 1.165) is 24.9 Å². The van der Waals surface area contributed by atoms with Crippen LogP contribution in [0, 0.1) is 0 Å². The quantitative estimate of drug-likeness (QED) is 0.422. The number of halogens is 1. The number of rotatable bonds is 1. The third-order valence-electron chi connectivity index (χ3n) is 3.88. The van der Waals surface area contributed by atoms with Crippen LogP contribution in [-0.4, -0.2) is 17.7 Å². The zero-order valence-electron chi connectivity index (χ0n) is 12.7. The maximum Gasteiger partial charge on any atom is 0.326 e. The number of aryl methyl sites for hydroxylation is 1. The van der Waals surface area contributed by atoms with Gasteiger partial charge in [0.1, 0.15) is 5.75 Å². The van der Waals surface area contributed by atoms with Crippen molar-refractivity contribution in [1.29, 1.82) is 0 Å². The van der Waals surface area contributed by atoms with Crippen molar-refractivity contribution in [3.8, 4) is 5.75 Å². The Morgan fingerprint density at radius 1 is 1.17 bits per heavy atom. The minimum atomic E-state index is -0.181. The van der Waals surface area contributed by atoms with E-state index in [1.807, 2.05) is 18.2 Å². The lowest BCUT2D eigenvalue weighted by atomic mass is 10.1. The number of urea groups is 1. The van der Waals surface area contributed by atoms with E-state index in [1.54, 1.807) is 17.0 Å². The average Bonchev–Trinajstić information content (AvgIpc) is 2.73. The van der Waals surface area contributed by atoms with Crippen molar-refractivity contribution < 1.29 is 9.90 Å². The maximum absolute atomic E-state index is 12.6. The molecule has 4 N–H and O–H groups in total. The molecule has 2 aromatic rings. The number of carbonyl (C=O) groups is 1. The van der Waals surface area contributed by atoms with Crippen LogP contribution in [0.2, 0.25) is 0 Å². The number of anilines is 3. The molecule has 0 bridgehead atoms. The lowest BCUT2D eigenvalue weighted by molar-refractivity contribution is 0.257. The molecule has 3 rings (SSSR count). The molecule has 0 atom stereocenters. The Hall–Kier alpha value is -2.40. The first kappa shape index (κ1) is 17.0. The Labute approximate surface area is 141 Å². The van der Waals surface area contributed by atoms with Crippen molar-refractivity contribution in [3.63, 3.8) is 0 Å². The van der Waals surface area contributed by atoms with E-state index < -0.39 is 0 Å². The molecule has 122 valence electrons. The summed E-state index contributed by atoms with van der Waals surface area (Å²) in [4.78, 5) is 14.4. The Bertz CT molecular complexity index is 706. The molecule has 5 nitrogen and oxygen atoms in total. The van der Waals surface area contributed by atoms with Crippen molar-refractivity contribution in [2.24, 2.45) is 0 Å². The molecule has 0 aromatic heterocycles. The molecule has 1 heterocycles. The fraction of sp³-hybridized carbons (Fsp3) is 0.235. The van der Waals surface area contributed by atoms with Gasteiger partial charge in [-0.3, -0.25) is 4.90 Å². The SMILES string of the molecule is Cl.Nc1cc(NC(=O)N2CCCCc3ccccc32)ccc1O. The zero-order valence-corrected chi connectivity index (χ0v) is 13.5. The lowest BCUT2D eigenvalue weighted by Crippen LogP contribution is -2.35. The van der Waals surface area contributed by atoms with Gasteiger partial charge in [0.05, 0.1) is 5.69 Å². The van der Waals surface area contributed by atoms with Gasteiger partial charge in [0.25, 0.3) is 0 Å². The third kappa shape index (κ3) is 3.68. The third-order valence-corrected chi connectivity index (χ3v) is 3.88. The molecule has 23 heavy (non-hydrogen) atoms. The second kappa shape index (κ2) is 7.24. The van der Waals surface area contributed by atoms with Crippen LogP contribution in [0.25, 0.3) is 0 Å². The van der Waals surface area contributed by atoms with E-state index >= 15 is 0 Å². The molecule has 0 unspecified atom stereocenters. The molecule has 1 aliphatic heterocycles. The summed E-state index contributed by atoms with van der Waals surface area (Å²) in [5.41, 5.74) is 8.63. The maximum atomic E-state index is 12.6. The van der Waals surface area contributed by atoms with E-state index in [-0.39, 0.29) is 29.9 Å². The predicted octanol–water partition coefficient (Wildman–Crippen LogP) is 3.77. The first-order valence-corrected chi connectivity index (χ1v) is 7.40. The van der Waals surface area contributed by atoms with Crippen molar-refractivity contribution in [3.05, 3.63) is 48.0 Å². The van der Waals surface area contributed by atoms with Gasteiger partial charge < -0.3 is 16.2 Å². The van der Waals surface area contributed by atoms with Crippen LogP contribution in [0.4, 0.5) is 21.9 Å². The Kier molecular flexibility index (Phi) is 5.34. The van der Waals surface area contributed by atoms with Gasteiger partial charge in [-0.25, -0.2) is 4.79 Å².